The maximum atomic E-state index is 13.0. The second-order valence-corrected chi connectivity index (χ2v) is 8.21. The predicted molar refractivity (Wildman–Crippen MR) is 123 cm³/mol. The molecule has 0 N–H and O–H groups in total. The van der Waals surface area contributed by atoms with E-state index in [0.717, 1.165) is 41.9 Å². The monoisotopic (exact) mass is 429 g/mol. The van der Waals surface area contributed by atoms with E-state index in [4.69, 9.17) is 14.6 Å². The van der Waals surface area contributed by atoms with Crippen LogP contribution < -0.4 is 0 Å². The first-order valence-electron chi connectivity index (χ1n) is 11.2. The molecule has 3 heterocycles. The number of piperidine rings is 1. The van der Waals surface area contributed by atoms with Crippen molar-refractivity contribution in [3.8, 4) is 16.9 Å². The van der Waals surface area contributed by atoms with Gasteiger partial charge in [-0.05, 0) is 31.1 Å². The zero-order chi connectivity index (χ0) is 21.8. The highest BCUT2D eigenvalue weighted by molar-refractivity contribution is 5.93. The van der Waals surface area contributed by atoms with Crippen LogP contribution in [0.2, 0.25) is 0 Å². The van der Waals surface area contributed by atoms with Gasteiger partial charge in [-0.15, -0.1) is 0 Å². The van der Waals surface area contributed by atoms with Crippen molar-refractivity contribution in [3.63, 3.8) is 0 Å². The van der Waals surface area contributed by atoms with Crippen molar-refractivity contribution in [2.24, 2.45) is 5.92 Å². The average Bonchev–Trinajstić information content (AvgIpc) is 3.54. The lowest BCUT2D eigenvalue weighted by Crippen LogP contribution is -2.43. The molecule has 164 valence electrons. The predicted octanol–water partition coefficient (Wildman–Crippen LogP) is 4.16. The van der Waals surface area contributed by atoms with Crippen LogP contribution in [-0.2, 0) is 14.3 Å². The summed E-state index contributed by atoms with van der Waals surface area (Å²) in [7, 11) is 0. The largest absolute Gasteiger partial charge is 0.350 e. The van der Waals surface area contributed by atoms with E-state index >= 15 is 0 Å². The summed E-state index contributed by atoms with van der Waals surface area (Å²) in [6.45, 7) is 2.72. The van der Waals surface area contributed by atoms with Gasteiger partial charge in [-0.2, -0.15) is 5.10 Å². The van der Waals surface area contributed by atoms with Crippen molar-refractivity contribution < 1.29 is 14.3 Å². The van der Waals surface area contributed by atoms with Crippen molar-refractivity contribution in [1.82, 2.24) is 14.7 Å². The molecule has 1 atom stereocenters. The van der Waals surface area contributed by atoms with Crippen LogP contribution in [0.1, 0.15) is 18.4 Å². The number of ether oxygens (including phenoxy) is 2. The van der Waals surface area contributed by atoms with Gasteiger partial charge in [0.1, 0.15) is 0 Å². The molecule has 2 saturated heterocycles. The third kappa shape index (κ3) is 4.52. The Morgan fingerprint density at radius 2 is 1.72 bits per heavy atom. The highest BCUT2D eigenvalue weighted by Gasteiger charge is 2.32. The van der Waals surface area contributed by atoms with Crippen LogP contribution in [0.15, 0.2) is 72.9 Å². The minimum Gasteiger partial charge on any atom is -0.350 e. The molecule has 0 radical (unpaired) electrons. The molecule has 32 heavy (non-hydrogen) atoms. The summed E-state index contributed by atoms with van der Waals surface area (Å²) < 4.78 is 13.2. The number of carbonyl (C=O) groups is 1. The average molecular weight is 430 g/mol. The van der Waals surface area contributed by atoms with E-state index in [1.54, 1.807) is 6.08 Å². The van der Waals surface area contributed by atoms with Crippen LogP contribution in [0.5, 0.6) is 0 Å². The highest BCUT2D eigenvalue weighted by atomic mass is 16.7. The third-order valence-corrected chi connectivity index (χ3v) is 6.02. The molecule has 0 spiro atoms. The summed E-state index contributed by atoms with van der Waals surface area (Å²) in [5.74, 6) is 0.253. The molecule has 0 saturated carbocycles. The fraction of sp³-hybridized carbons (Fsp3) is 0.308. The van der Waals surface area contributed by atoms with E-state index in [-0.39, 0.29) is 18.1 Å². The number of amides is 1. The van der Waals surface area contributed by atoms with Gasteiger partial charge in [0.25, 0.3) is 0 Å². The highest BCUT2D eigenvalue weighted by Crippen LogP contribution is 2.27. The molecule has 0 bridgehead atoms. The molecule has 2 aliphatic rings. The minimum atomic E-state index is -0.177. The van der Waals surface area contributed by atoms with Gasteiger partial charge in [0, 0.05) is 42.4 Å². The second kappa shape index (κ2) is 9.51. The number of benzene rings is 2. The van der Waals surface area contributed by atoms with Crippen molar-refractivity contribution in [3.05, 3.63) is 78.5 Å². The normalized spacial score (nSPS) is 19.6. The molecule has 0 aliphatic carbocycles. The van der Waals surface area contributed by atoms with Gasteiger partial charge in [-0.3, -0.25) is 4.79 Å². The molecule has 1 unspecified atom stereocenters. The number of hydrogen-bond donors (Lipinski definition) is 0. The number of para-hydroxylation sites is 1. The van der Waals surface area contributed by atoms with E-state index in [1.807, 2.05) is 82.5 Å². The van der Waals surface area contributed by atoms with Crippen LogP contribution >= 0.6 is 0 Å². The Morgan fingerprint density at radius 1 is 1.00 bits per heavy atom. The smallest absolute Gasteiger partial charge is 0.246 e. The van der Waals surface area contributed by atoms with E-state index < -0.39 is 0 Å². The molecule has 1 aromatic heterocycles. The molecular weight excluding hydrogens is 402 g/mol. The molecule has 5 rings (SSSR count). The molecule has 6 nitrogen and oxygen atoms in total. The van der Waals surface area contributed by atoms with Crippen LogP contribution in [0, 0.1) is 5.92 Å². The molecule has 2 fully saturated rings. The van der Waals surface area contributed by atoms with E-state index in [2.05, 4.69) is 0 Å². The van der Waals surface area contributed by atoms with Gasteiger partial charge in [-0.25, -0.2) is 4.68 Å². The van der Waals surface area contributed by atoms with Crippen LogP contribution in [0.3, 0.4) is 0 Å². The van der Waals surface area contributed by atoms with Crippen LogP contribution in [0.25, 0.3) is 23.0 Å². The Kier molecular flexibility index (Phi) is 6.14. The number of carbonyl (C=O) groups excluding carboxylic acids is 1. The van der Waals surface area contributed by atoms with Gasteiger partial charge in [0.2, 0.25) is 5.91 Å². The Hall–Kier alpha value is -3.22. The van der Waals surface area contributed by atoms with Gasteiger partial charge in [0.15, 0.2) is 6.29 Å². The Labute approximate surface area is 188 Å². The van der Waals surface area contributed by atoms with Crippen LogP contribution in [-0.4, -0.2) is 53.2 Å². The van der Waals surface area contributed by atoms with Crippen molar-refractivity contribution >= 4 is 12.0 Å². The van der Waals surface area contributed by atoms with E-state index in [9.17, 15) is 4.79 Å². The van der Waals surface area contributed by atoms with E-state index in [0.29, 0.717) is 19.8 Å². The number of nitrogens with zero attached hydrogens (tertiary/aromatic N) is 3. The zero-order valence-electron chi connectivity index (χ0n) is 18.0. The summed E-state index contributed by atoms with van der Waals surface area (Å²) in [5, 5.41) is 4.81. The van der Waals surface area contributed by atoms with Crippen molar-refractivity contribution in [1.29, 1.82) is 0 Å². The van der Waals surface area contributed by atoms with E-state index in [1.165, 1.54) is 0 Å². The second-order valence-electron chi connectivity index (χ2n) is 8.21. The first-order valence-corrected chi connectivity index (χ1v) is 11.2. The fourth-order valence-corrected chi connectivity index (χ4v) is 4.39. The Morgan fingerprint density at radius 3 is 2.47 bits per heavy atom. The maximum absolute atomic E-state index is 13.0. The summed E-state index contributed by atoms with van der Waals surface area (Å²) in [6.07, 6.45) is 7.33. The molecule has 2 aromatic carbocycles. The minimum absolute atomic E-state index is 0.0131. The molecule has 6 heteroatoms. The SMILES string of the molecule is O=C(/C=C/c1cn(-c2ccccc2)nc1-c1ccccc1)N1CCCC(C2OCCO2)C1. The lowest BCUT2D eigenvalue weighted by molar-refractivity contribution is -0.134. The summed E-state index contributed by atoms with van der Waals surface area (Å²) >= 11 is 0. The van der Waals surface area contributed by atoms with Gasteiger partial charge < -0.3 is 14.4 Å². The topological polar surface area (TPSA) is 56.6 Å². The summed E-state index contributed by atoms with van der Waals surface area (Å²) in [4.78, 5) is 14.9. The Bertz CT molecular complexity index is 1070. The molecule has 1 amide bonds. The lowest BCUT2D eigenvalue weighted by atomic mass is 9.97. The summed E-state index contributed by atoms with van der Waals surface area (Å²) in [5.41, 5.74) is 3.75. The Balaban J connectivity index is 1.37. The molecular formula is C26H27N3O3. The summed E-state index contributed by atoms with van der Waals surface area (Å²) in [6, 6.07) is 20.0. The van der Waals surface area contributed by atoms with Gasteiger partial charge in [0.05, 0.1) is 24.6 Å². The number of rotatable bonds is 5. The first kappa shape index (κ1) is 20.7. The third-order valence-electron chi connectivity index (χ3n) is 6.02. The zero-order valence-corrected chi connectivity index (χ0v) is 18.0. The van der Waals surface area contributed by atoms with Gasteiger partial charge in [-0.1, -0.05) is 48.5 Å². The van der Waals surface area contributed by atoms with Gasteiger partial charge >= 0.3 is 0 Å². The maximum Gasteiger partial charge on any atom is 0.246 e. The fourth-order valence-electron chi connectivity index (χ4n) is 4.39. The van der Waals surface area contributed by atoms with Crippen molar-refractivity contribution in [2.75, 3.05) is 26.3 Å². The standard InChI is InChI=1S/C26H27N3O3/c30-24(28-15-7-10-22(18-28)26-31-16-17-32-26)14-13-21-19-29(23-11-5-2-6-12-23)27-25(21)20-8-3-1-4-9-20/h1-6,8-9,11-14,19,22,26H,7,10,15-18H2/b14-13+. The number of aromatic nitrogens is 2. The first-order chi connectivity index (χ1) is 15.8. The van der Waals surface area contributed by atoms with Crippen molar-refractivity contribution in [2.45, 2.75) is 19.1 Å². The number of likely N-dealkylation sites (tertiary alicyclic amines) is 1. The van der Waals surface area contributed by atoms with Crippen LogP contribution in [0.4, 0.5) is 0 Å². The number of hydrogen-bond acceptors (Lipinski definition) is 4. The lowest BCUT2D eigenvalue weighted by Gasteiger charge is -2.34. The molecule has 2 aliphatic heterocycles. The quantitative estimate of drug-likeness (QED) is 0.572. The molecule has 3 aromatic rings.